The number of Topliss-reactive ketones (excluding diaryl/α,β-unsaturated/α-hetero) is 1. The molecule has 1 nitrogen and oxygen atoms in total. The van der Waals surface area contributed by atoms with E-state index in [-0.39, 0.29) is 0 Å². The number of carbonyl (C=O) groups is 1. The number of carbonyl (C=O) groups excluding carboxylic acids is 1. The predicted molar refractivity (Wildman–Crippen MR) is 78.3 cm³/mol. The van der Waals surface area contributed by atoms with Gasteiger partial charge in [-0.15, -0.1) is 0 Å². The first-order valence-electron chi connectivity index (χ1n) is 7.89. The molecule has 0 bridgehead atoms. The van der Waals surface area contributed by atoms with Gasteiger partial charge < -0.3 is 0 Å². The first kappa shape index (κ1) is 12.9. The maximum absolute atomic E-state index is 12.4. The molecule has 2 unspecified atom stereocenters. The summed E-state index contributed by atoms with van der Waals surface area (Å²) in [6.45, 7) is 2.25. The van der Waals surface area contributed by atoms with Crippen LogP contribution in [0.4, 0.5) is 0 Å². The summed E-state index contributed by atoms with van der Waals surface area (Å²) in [6, 6.07) is 6.70. The Kier molecular flexibility index (Phi) is 3.72. The fourth-order valence-corrected chi connectivity index (χ4v) is 3.82. The SMILES string of the molecule is CCC1CCC(C(=O)Cc2ccc3c(c2)CCC3)C1. The summed E-state index contributed by atoms with van der Waals surface area (Å²) in [7, 11) is 0. The van der Waals surface area contributed by atoms with Crippen molar-refractivity contribution < 1.29 is 4.79 Å². The van der Waals surface area contributed by atoms with Gasteiger partial charge in [0.15, 0.2) is 0 Å². The largest absolute Gasteiger partial charge is 0.299 e. The highest BCUT2D eigenvalue weighted by Gasteiger charge is 2.28. The van der Waals surface area contributed by atoms with Crippen LogP contribution in [0.2, 0.25) is 0 Å². The Morgan fingerprint density at radius 3 is 2.84 bits per heavy atom. The predicted octanol–water partition coefficient (Wildman–Crippen LogP) is 4.11. The maximum Gasteiger partial charge on any atom is 0.140 e. The minimum Gasteiger partial charge on any atom is -0.299 e. The van der Waals surface area contributed by atoms with Crippen LogP contribution in [0.15, 0.2) is 18.2 Å². The maximum atomic E-state index is 12.4. The summed E-state index contributed by atoms with van der Waals surface area (Å²) in [5.74, 6) is 1.63. The molecule has 0 amide bonds. The van der Waals surface area contributed by atoms with Crippen LogP contribution in [0.25, 0.3) is 0 Å². The van der Waals surface area contributed by atoms with Gasteiger partial charge in [-0.2, -0.15) is 0 Å². The molecule has 0 saturated heterocycles. The average molecular weight is 256 g/mol. The summed E-state index contributed by atoms with van der Waals surface area (Å²) in [4.78, 5) is 12.4. The molecule has 0 N–H and O–H groups in total. The second-order valence-electron chi connectivity index (χ2n) is 6.38. The second-order valence-corrected chi connectivity index (χ2v) is 6.38. The number of fused-ring (bicyclic) bond motifs is 1. The van der Waals surface area contributed by atoms with Crippen molar-refractivity contribution >= 4 is 5.78 Å². The molecular weight excluding hydrogens is 232 g/mol. The van der Waals surface area contributed by atoms with Crippen molar-refractivity contribution in [2.75, 3.05) is 0 Å². The molecule has 0 radical (unpaired) electrons. The van der Waals surface area contributed by atoms with Crippen LogP contribution < -0.4 is 0 Å². The lowest BCUT2D eigenvalue weighted by Gasteiger charge is -2.10. The molecule has 1 aromatic carbocycles. The Morgan fingerprint density at radius 1 is 1.21 bits per heavy atom. The van der Waals surface area contributed by atoms with Gasteiger partial charge in [0.1, 0.15) is 5.78 Å². The van der Waals surface area contributed by atoms with E-state index in [9.17, 15) is 4.79 Å². The number of benzene rings is 1. The Bertz CT molecular complexity index is 475. The van der Waals surface area contributed by atoms with Crippen LogP contribution in [-0.2, 0) is 24.1 Å². The molecule has 19 heavy (non-hydrogen) atoms. The van der Waals surface area contributed by atoms with Crippen molar-refractivity contribution in [3.05, 3.63) is 34.9 Å². The van der Waals surface area contributed by atoms with Crippen molar-refractivity contribution in [1.82, 2.24) is 0 Å². The molecule has 0 aromatic heterocycles. The minimum absolute atomic E-state index is 0.346. The number of hydrogen-bond acceptors (Lipinski definition) is 1. The Hall–Kier alpha value is -1.11. The van der Waals surface area contributed by atoms with Crippen LogP contribution in [0, 0.1) is 11.8 Å². The molecule has 0 aliphatic heterocycles. The fraction of sp³-hybridized carbons (Fsp3) is 0.611. The molecule has 1 aromatic rings. The van der Waals surface area contributed by atoms with Crippen LogP contribution >= 0.6 is 0 Å². The third kappa shape index (κ3) is 2.75. The standard InChI is InChI=1S/C18H24O/c1-2-13-6-9-17(10-13)18(19)12-14-7-8-15-4-3-5-16(15)11-14/h7-8,11,13,17H,2-6,9-10,12H2,1H3. The molecule has 102 valence electrons. The van der Waals surface area contributed by atoms with E-state index in [0.29, 0.717) is 18.1 Å². The Morgan fingerprint density at radius 2 is 2.05 bits per heavy atom. The number of ketones is 1. The number of rotatable bonds is 4. The topological polar surface area (TPSA) is 17.1 Å². The highest BCUT2D eigenvalue weighted by molar-refractivity contribution is 5.83. The molecular formula is C18H24O. The monoisotopic (exact) mass is 256 g/mol. The summed E-state index contributed by atoms with van der Waals surface area (Å²) < 4.78 is 0. The summed E-state index contributed by atoms with van der Waals surface area (Å²) in [5.41, 5.74) is 4.23. The highest BCUT2D eigenvalue weighted by Crippen LogP contribution is 2.34. The van der Waals surface area contributed by atoms with E-state index >= 15 is 0 Å². The minimum atomic E-state index is 0.346. The van der Waals surface area contributed by atoms with Gasteiger partial charge in [0.05, 0.1) is 0 Å². The van der Waals surface area contributed by atoms with E-state index in [4.69, 9.17) is 0 Å². The summed E-state index contributed by atoms with van der Waals surface area (Å²) >= 11 is 0. The molecule has 2 aliphatic rings. The van der Waals surface area contributed by atoms with E-state index < -0.39 is 0 Å². The summed E-state index contributed by atoms with van der Waals surface area (Å²) in [5, 5.41) is 0. The highest BCUT2D eigenvalue weighted by atomic mass is 16.1. The molecule has 0 spiro atoms. The van der Waals surface area contributed by atoms with Crippen LogP contribution in [0.3, 0.4) is 0 Å². The van der Waals surface area contributed by atoms with E-state index in [1.165, 1.54) is 48.8 Å². The van der Waals surface area contributed by atoms with Gasteiger partial charge in [-0.25, -0.2) is 0 Å². The zero-order chi connectivity index (χ0) is 13.2. The zero-order valence-corrected chi connectivity index (χ0v) is 12.0. The van der Waals surface area contributed by atoms with Crippen molar-refractivity contribution in [2.45, 2.75) is 58.3 Å². The molecule has 1 saturated carbocycles. The van der Waals surface area contributed by atoms with Crippen LogP contribution in [0.1, 0.15) is 55.7 Å². The zero-order valence-electron chi connectivity index (χ0n) is 12.0. The van der Waals surface area contributed by atoms with Crippen LogP contribution in [0.5, 0.6) is 0 Å². The van der Waals surface area contributed by atoms with Gasteiger partial charge in [-0.1, -0.05) is 31.5 Å². The van der Waals surface area contributed by atoms with E-state index in [0.717, 1.165) is 18.8 Å². The van der Waals surface area contributed by atoms with E-state index in [1.807, 2.05) is 0 Å². The Balaban J connectivity index is 1.63. The molecule has 2 atom stereocenters. The number of hydrogen-bond donors (Lipinski definition) is 0. The lowest BCUT2D eigenvalue weighted by molar-refractivity contribution is -0.122. The first-order chi connectivity index (χ1) is 9.26. The van der Waals surface area contributed by atoms with Crippen molar-refractivity contribution in [3.63, 3.8) is 0 Å². The average Bonchev–Trinajstić information content (AvgIpc) is 3.06. The third-order valence-electron chi connectivity index (χ3n) is 5.12. The number of aryl methyl sites for hydroxylation is 2. The molecule has 1 fully saturated rings. The second kappa shape index (κ2) is 5.48. The molecule has 3 rings (SSSR count). The van der Waals surface area contributed by atoms with Gasteiger partial charge in [-0.3, -0.25) is 4.79 Å². The van der Waals surface area contributed by atoms with Gasteiger partial charge >= 0.3 is 0 Å². The lowest BCUT2D eigenvalue weighted by Crippen LogP contribution is -2.14. The lowest BCUT2D eigenvalue weighted by atomic mass is 9.94. The van der Waals surface area contributed by atoms with E-state index in [2.05, 4.69) is 25.1 Å². The van der Waals surface area contributed by atoms with E-state index in [1.54, 1.807) is 0 Å². The van der Waals surface area contributed by atoms with Crippen molar-refractivity contribution in [3.8, 4) is 0 Å². The van der Waals surface area contributed by atoms with Crippen molar-refractivity contribution in [2.24, 2.45) is 11.8 Å². The van der Waals surface area contributed by atoms with Crippen LogP contribution in [-0.4, -0.2) is 5.78 Å². The van der Waals surface area contributed by atoms with Gasteiger partial charge in [0, 0.05) is 12.3 Å². The quantitative estimate of drug-likeness (QED) is 0.792. The summed E-state index contributed by atoms with van der Waals surface area (Å²) in [6.07, 6.45) is 9.15. The fourth-order valence-electron chi connectivity index (χ4n) is 3.82. The smallest absolute Gasteiger partial charge is 0.140 e. The third-order valence-corrected chi connectivity index (χ3v) is 5.12. The Labute approximate surface area is 116 Å². The molecule has 0 heterocycles. The van der Waals surface area contributed by atoms with Gasteiger partial charge in [0.2, 0.25) is 0 Å². The van der Waals surface area contributed by atoms with Gasteiger partial charge in [-0.05, 0) is 61.1 Å². The molecule has 2 aliphatic carbocycles. The van der Waals surface area contributed by atoms with Gasteiger partial charge in [0.25, 0.3) is 0 Å². The molecule has 1 heteroatoms. The normalized spacial score (nSPS) is 25.5. The van der Waals surface area contributed by atoms with Crippen molar-refractivity contribution in [1.29, 1.82) is 0 Å². The first-order valence-corrected chi connectivity index (χ1v) is 7.89.